The maximum Gasteiger partial charge on any atom is 0.244 e. The number of nitrogens with zero attached hydrogens (tertiary/aromatic N) is 1. The average molecular weight is 364 g/mol. The summed E-state index contributed by atoms with van der Waals surface area (Å²) in [6.45, 7) is 8.78. The molecule has 1 amide bonds. The number of ether oxygens (including phenoxy) is 1. The first kappa shape index (κ1) is 18.7. The van der Waals surface area contributed by atoms with Gasteiger partial charge in [0.25, 0.3) is 0 Å². The second-order valence-corrected chi connectivity index (χ2v) is 6.47. The molecule has 5 nitrogen and oxygen atoms in total. The van der Waals surface area contributed by atoms with Crippen LogP contribution >= 0.6 is 0 Å². The summed E-state index contributed by atoms with van der Waals surface area (Å²) in [5, 5.41) is 3.91. The molecule has 0 radical (unpaired) electrons. The number of carbonyl (C=O) groups is 1. The molecule has 0 fully saturated rings. The lowest BCUT2D eigenvalue weighted by atomic mass is 9.98. The summed E-state index contributed by atoms with van der Waals surface area (Å²) >= 11 is 0. The third-order valence-corrected chi connectivity index (χ3v) is 4.47. The molecule has 0 atom stereocenters. The molecule has 1 N–H and O–H groups in total. The molecule has 3 rings (SSSR count). The van der Waals surface area contributed by atoms with Crippen LogP contribution in [-0.2, 0) is 11.3 Å². The Morgan fingerprint density at radius 2 is 2.15 bits per heavy atom. The molecule has 1 aromatic carbocycles. The van der Waals surface area contributed by atoms with Crippen molar-refractivity contribution in [1.82, 2.24) is 10.3 Å². The fourth-order valence-electron chi connectivity index (χ4n) is 3.07. The predicted octanol–water partition coefficient (Wildman–Crippen LogP) is 4.56. The quantitative estimate of drug-likeness (QED) is 0.651. The lowest BCUT2D eigenvalue weighted by molar-refractivity contribution is -0.116. The van der Waals surface area contributed by atoms with Gasteiger partial charge >= 0.3 is 0 Å². The first-order valence-electron chi connectivity index (χ1n) is 9.01. The van der Waals surface area contributed by atoms with Gasteiger partial charge in [0.2, 0.25) is 5.91 Å². The number of benzene rings is 1. The largest absolute Gasteiger partial charge is 0.493 e. The number of rotatable bonds is 6. The second kappa shape index (κ2) is 8.08. The highest BCUT2D eigenvalue weighted by atomic mass is 16.5. The highest BCUT2D eigenvalue weighted by Crippen LogP contribution is 2.37. The highest BCUT2D eigenvalue weighted by molar-refractivity contribution is 5.98. The summed E-state index contributed by atoms with van der Waals surface area (Å²) < 4.78 is 11.6. The normalized spacial score (nSPS) is 11.6. The SMILES string of the molecule is CCOc1c(/C(C)=C/C(=O)NCc2ccccn2)cc2c(C)coc2c1C. The lowest BCUT2D eigenvalue weighted by Gasteiger charge is -2.14. The Morgan fingerprint density at radius 1 is 1.33 bits per heavy atom. The zero-order valence-corrected chi connectivity index (χ0v) is 16.1. The predicted molar refractivity (Wildman–Crippen MR) is 107 cm³/mol. The molecular weight excluding hydrogens is 340 g/mol. The molecular formula is C22H24N2O3. The van der Waals surface area contributed by atoms with Gasteiger partial charge in [-0.1, -0.05) is 6.07 Å². The van der Waals surface area contributed by atoms with Gasteiger partial charge in [-0.2, -0.15) is 0 Å². The molecule has 0 aliphatic carbocycles. The van der Waals surface area contributed by atoms with E-state index in [2.05, 4.69) is 10.3 Å². The molecule has 5 heteroatoms. The summed E-state index contributed by atoms with van der Waals surface area (Å²) in [5.74, 6) is 0.591. The van der Waals surface area contributed by atoms with Crippen LogP contribution in [0.1, 0.15) is 36.2 Å². The molecule has 0 aliphatic rings. The number of furan rings is 1. The van der Waals surface area contributed by atoms with Crippen molar-refractivity contribution in [3.63, 3.8) is 0 Å². The van der Waals surface area contributed by atoms with Crippen LogP contribution in [0.2, 0.25) is 0 Å². The van der Waals surface area contributed by atoms with Crippen LogP contribution in [0.4, 0.5) is 0 Å². The molecule has 140 valence electrons. The van der Waals surface area contributed by atoms with Gasteiger partial charge < -0.3 is 14.5 Å². The van der Waals surface area contributed by atoms with E-state index in [9.17, 15) is 4.79 Å². The van der Waals surface area contributed by atoms with Gasteiger partial charge in [-0.05, 0) is 57.0 Å². The van der Waals surface area contributed by atoms with E-state index in [1.54, 1.807) is 18.5 Å². The van der Waals surface area contributed by atoms with Crippen LogP contribution in [0.5, 0.6) is 5.75 Å². The van der Waals surface area contributed by atoms with Crippen molar-refractivity contribution in [1.29, 1.82) is 0 Å². The Hall–Kier alpha value is -3.08. The number of hydrogen-bond acceptors (Lipinski definition) is 4. The number of hydrogen-bond donors (Lipinski definition) is 1. The zero-order chi connectivity index (χ0) is 19.4. The van der Waals surface area contributed by atoms with Crippen molar-refractivity contribution in [3.05, 3.63) is 65.2 Å². The summed E-state index contributed by atoms with van der Waals surface area (Å²) in [6.07, 6.45) is 5.06. The Kier molecular flexibility index (Phi) is 5.60. The van der Waals surface area contributed by atoms with Crippen LogP contribution in [-0.4, -0.2) is 17.5 Å². The molecule has 3 aromatic rings. The minimum atomic E-state index is -0.165. The van der Waals surface area contributed by atoms with E-state index in [1.165, 1.54) is 0 Å². The third kappa shape index (κ3) is 4.03. The highest BCUT2D eigenvalue weighted by Gasteiger charge is 2.17. The van der Waals surface area contributed by atoms with Gasteiger partial charge in [-0.15, -0.1) is 0 Å². The van der Waals surface area contributed by atoms with E-state index in [0.717, 1.165) is 44.7 Å². The average Bonchev–Trinajstić information content (AvgIpc) is 3.04. The van der Waals surface area contributed by atoms with Crippen LogP contribution in [0.15, 0.2) is 47.2 Å². The van der Waals surface area contributed by atoms with E-state index in [0.29, 0.717) is 13.2 Å². The zero-order valence-electron chi connectivity index (χ0n) is 16.1. The number of aryl methyl sites for hydroxylation is 2. The molecule has 0 unspecified atom stereocenters. The van der Waals surface area contributed by atoms with E-state index in [4.69, 9.17) is 9.15 Å². The number of carbonyl (C=O) groups excluding carboxylic acids is 1. The maximum atomic E-state index is 12.4. The van der Waals surface area contributed by atoms with Crippen molar-refractivity contribution in [2.45, 2.75) is 34.2 Å². The fraction of sp³-hybridized carbons (Fsp3) is 0.273. The summed E-state index contributed by atoms with van der Waals surface area (Å²) in [7, 11) is 0. The number of nitrogens with one attached hydrogen (secondary N) is 1. The topological polar surface area (TPSA) is 64.4 Å². The number of pyridine rings is 1. The smallest absolute Gasteiger partial charge is 0.244 e. The molecule has 0 bridgehead atoms. The van der Waals surface area contributed by atoms with Crippen molar-refractivity contribution < 1.29 is 13.9 Å². The molecule has 0 aliphatic heterocycles. The summed E-state index contributed by atoms with van der Waals surface area (Å²) in [6, 6.07) is 7.66. The first-order chi connectivity index (χ1) is 13.0. The molecule has 2 heterocycles. The monoisotopic (exact) mass is 364 g/mol. The number of fused-ring (bicyclic) bond motifs is 1. The van der Waals surface area contributed by atoms with Gasteiger partial charge in [0.15, 0.2) is 0 Å². The van der Waals surface area contributed by atoms with Crippen LogP contribution in [0.25, 0.3) is 16.5 Å². The van der Waals surface area contributed by atoms with E-state index >= 15 is 0 Å². The van der Waals surface area contributed by atoms with Crippen LogP contribution < -0.4 is 10.1 Å². The number of amides is 1. The Morgan fingerprint density at radius 3 is 2.85 bits per heavy atom. The van der Waals surface area contributed by atoms with E-state index < -0.39 is 0 Å². The minimum absolute atomic E-state index is 0.165. The minimum Gasteiger partial charge on any atom is -0.493 e. The lowest BCUT2D eigenvalue weighted by Crippen LogP contribution is -2.21. The molecule has 27 heavy (non-hydrogen) atoms. The van der Waals surface area contributed by atoms with Gasteiger partial charge in [0, 0.05) is 28.8 Å². The summed E-state index contributed by atoms with van der Waals surface area (Å²) in [5.41, 5.74) is 5.39. The van der Waals surface area contributed by atoms with Gasteiger partial charge in [-0.3, -0.25) is 9.78 Å². The molecule has 0 spiro atoms. The van der Waals surface area contributed by atoms with Crippen molar-refractivity contribution in [3.8, 4) is 5.75 Å². The van der Waals surface area contributed by atoms with Crippen molar-refractivity contribution in [2.24, 2.45) is 0 Å². The Labute approximate surface area is 159 Å². The molecule has 0 saturated heterocycles. The van der Waals surface area contributed by atoms with Crippen LogP contribution in [0, 0.1) is 13.8 Å². The Balaban J connectivity index is 1.90. The second-order valence-electron chi connectivity index (χ2n) is 6.47. The third-order valence-electron chi connectivity index (χ3n) is 4.47. The van der Waals surface area contributed by atoms with Gasteiger partial charge in [0.1, 0.15) is 11.3 Å². The molecule has 0 saturated carbocycles. The van der Waals surface area contributed by atoms with Crippen LogP contribution in [0.3, 0.4) is 0 Å². The van der Waals surface area contributed by atoms with Gasteiger partial charge in [0.05, 0.1) is 25.1 Å². The first-order valence-corrected chi connectivity index (χ1v) is 9.01. The maximum absolute atomic E-state index is 12.4. The Bertz CT molecular complexity index is 988. The van der Waals surface area contributed by atoms with E-state index in [-0.39, 0.29) is 5.91 Å². The number of allylic oxidation sites excluding steroid dienone is 1. The van der Waals surface area contributed by atoms with Gasteiger partial charge in [-0.25, -0.2) is 0 Å². The fourth-order valence-corrected chi connectivity index (χ4v) is 3.07. The standard InChI is InChI=1S/C22H24N2O3/c1-5-26-21-16(4)22-19(15(3)13-27-22)11-18(21)14(2)10-20(25)24-12-17-8-6-7-9-23-17/h6-11,13H,5,12H2,1-4H3,(H,24,25)/b14-10+. The molecule has 2 aromatic heterocycles. The van der Waals surface area contributed by atoms with Crippen molar-refractivity contribution in [2.75, 3.05) is 6.61 Å². The van der Waals surface area contributed by atoms with Crippen molar-refractivity contribution >= 4 is 22.4 Å². The van der Waals surface area contributed by atoms with E-state index in [1.807, 2.05) is 52.0 Å². The summed E-state index contributed by atoms with van der Waals surface area (Å²) in [4.78, 5) is 16.6. The number of aromatic nitrogens is 1.